The SMILES string of the molecule is Cc1cccc(OCc2nc(CN(CCCN(C)C)C(=O)c3ccc(Cl)cc3)cs2)c1C. The molecule has 32 heavy (non-hydrogen) atoms. The van der Waals surface area contributed by atoms with Crippen LogP contribution in [0.3, 0.4) is 0 Å². The summed E-state index contributed by atoms with van der Waals surface area (Å²) >= 11 is 7.55. The first-order valence-corrected chi connectivity index (χ1v) is 11.9. The third kappa shape index (κ3) is 6.79. The molecule has 0 radical (unpaired) electrons. The number of amides is 1. The smallest absolute Gasteiger partial charge is 0.254 e. The van der Waals surface area contributed by atoms with Gasteiger partial charge in [-0.3, -0.25) is 4.79 Å². The number of aromatic nitrogens is 1. The molecule has 0 aliphatic heterocycles. The lowest BCUT2D eigenvalue weighted by molar-refractivity contribution is 0.0735. The predicted molar refractivity (Wildman–Crippen MR) is 132 cm³/mol. The quantitative estimate of drug-likeness (QED) is 0.387. The van der Waals surface area contributed by atoms with Crippen molar-refractivity contribution in [2.75, 3.05) is 27.2 Å². The van der Waals surface area contributed by atoms with Gasteiger partial charge in [0.2, 0.25) is 0 Å². The second-order valence-electron chi connectivity index (χ2n) is 8.11. The Bertz CT molecular complexity index is 1030. The molecule has 0 atom stereocenters. The highest BCUT2D eigenvalue weighted by molar-refractivity contribution is 7.09. The molecule has 0 unspecified atom stereocenters. The fraction of sp³-hybridized carbons (Fsp3) is 0.360. The van der Waals surface area contributed by atoms with Crippen molar-refractivity contribution in [3.63, 3.8) is 0 Å². The molecule has 1 aromatic heterocycles. The lowest BCUT2D eigenvalue weighted by Gasteiger charge is -2.23. The molecule has 0 aliphatic rings. The molecule has 0 saturated heterocycles. The number of ether oxygens (including phenoxy) is 1. The number of aryl methyl sites for hydroxylation is 1. The Morgan fingerprint density at radius 1 is 1.09 bits per heavy atom. The van der Waals surface area contributed by atoms with Gasteiger partial charge in [0.1, 0.15) is 17.4 Å². The standard InChI is InChI=1S/C25H30ClN3O2S/c1-18-7-5-8-23(19(18)2)31-16-24-27-22(17-32-24)15-29(14-6-13-28(3)4)25(30)20-9-11-21(26)12-10-20/h5,7-12,17H,6,13-16H2,1-4H3. The van der Waals surface area contributed by atoms with E-state index in [0.29, 0.717) is 30.3 Å². The minimum absolute atomic E-state index is 0.0124. The second-order valence-corrected chi connectivity index (χ2v) is 9.49. The van der Waals surface area contributed by atoms with E-state index in [1.807, 2.05) is 36.5 Å². The van der Waals surface area contributed by atoms with Crippen LogP contribution in [0.2, 0.25) is 5.02 Å². The second kappa shape index (κ2) is 11.5. The number of nitrogens with zero attached hydrogens (tertiary/aromatic N) is 3. The lowest BCUT2D eigenvalue weighted by Crippen LogP contribution is -2.33. The molecule has 2 aromatic carbocycles. The van der Waals surface area contributed by atoms with Crippen LogP contribution in [-0.2, 0) is 13.2 Å². The number of carbonyl (C=O) groups is 1. The Labute approximate surface area is 199 Å². The van der Waals surface area contributed by atoms with Crippen molar-refractivity contribution in [1.29, 1.82) is 0 Å². The van der Waals surface area contributed by atoms with Crippen LogP contribution in [0.4, 0.5) is 0 Å². The minimum atomic E-state index is -0.0124. The van der Waals surface area contributed by atoms with Crippen LogP contribution in [0.25, 0.3) is 0 Å². The van der Waals surface area contributed by atoms with Crippen LogP contribution < -0.4 is 4.74 Å². The molecule has 0 N–H and O–H groups in total. The maximum absolute atomic E-state index is 13.1. The summed E-state index contributed by atoms with van der Waals surface area (Å²) in [6.07, 6.45) is 0.888. The first-order chi connectivity index (χ1) is 15.3. The Hall–Kier alpha value is -2.41. The maximum atomic E-state index is 13.1. The van der Waals surface area contributed by atoms with Gasteiger partial charge >= 0.3 is 0 Å². The van der Waals surface area contributed by atoms with Crippen LogP contribution in [-0.4, -0.2) is 47.9 Å². The van der Waals surface area contributed by atoms with Gasteiger partial charge in [0, 0.05) is 22.5 Å². The van der Waals surface area contributed by atoms with Gasteiger partial charge in [-0.1, -0.05) is 23.7 Å². The molecule has 1 heterocycles. The zero-order valence-electron chi connectivity index (χ0n) is 19.1. The Morgan fingerprint density at radius 3 is 2.56 bits per heavy atom. The molecule has 0 spiro atoms. The molecule has 170 valence electrons. The molecular weight excluding hydrogens is 442 g/mol. The van der Waals surface area contributed by atoms with Crippen molar-refractivity contribution < 1.29 is 9.53 Å². The third-order valence-corrected chi connectivity index (χ3v) is 6.39. The summed E-state index contributed by atoms with van der Waals surface area (Å²) < 4.78 is 5.99. The minimum Gasteiger partial charge on any atom is -0.486 e. The van der Waals surface area contributed by atoms with Crippen molar-refractivity contribution in [1.82, 2.24) is 14.8 Å². The van der Waals surface area contributed by atoms with E-state index in [0.717, 1.165) is 35.0 Å². The summed E-state index contributed by atoms with van der Waals surface area (Å²) in [7, 11) is 4.07. The molecule has 0 bridgehead atoms. The lowest BCUT2D eigenvalue weighted by atomic mass is 10.1. The van der Waals surface area contributed by atoms with Crippen molar-refractivity contribution in [3.05, 3.63) is 80.3 Å². The number of hydrogen-bond acceptors (Lipinski definition) is 5. The summed E-state index contributed by atoms with van der Waals surface area (Å²) in [4.78, 5) is 21.8. The number of benzene rings is 2. The van der Waals surface area contributed by atoms with E-state index in [2.05, 4.69) is 24.8 Å². The highest BCUT2D eigenvalue weighted by Crippen LogP contribution is 2.23. The van der Waals surface area contributed by atoms with Crippen molar-refractivity contribution >= 4 is 28.8 Å². The number of halogens is 1. The van der Waals surface area contributed by atoms with E-state index >= 15 is 0 Å². The van der Waals surface area contributed by atoms with Gasteiger partial charge in [0.25, 0.3) is 5.91 Å². The van der Waals surface area contributed by atoms with E-state index in [1.54, 1.807) is 35.6 Å². The largest absolute Gasteiger partial charge is 0.486 e. The number of carbonyl (C=O) groups excluding carboxylic acids is 1. The van der Waals surface area contributed by atoms with Gasteiger partial charge in [-0.25, -0.2) is 4.98 Å². The van der Waals surface area contributed by atoms with Gasteiger partial charge in [-0.2, -0.15) is 0 Å². The number of thiazole rings is 1. The monoisotopic (exact) mass is 471 g/mol. The zero-order chi connectivity index (χ0) is 23.1. The Balaban J connectivity index is 1.67. The molecule has 1 amide bonds. The topological polar surface area (TPSA) is 45.7 Å². The average molecular weight is 472 g/mol. The summed E-state index contributed by atoms with van der Waals surface area (Å²) in [5.74, 6) is 0.867. The van der Waals surface area contributed by atoms with Crippen LogP contribution in [0.5, 0.6) is 5.75 Å². The van der Waals surface area contributed by atoms with E-state index < -0.39 is 0 Å². The molecule has 7 heteroatoms. The molecule has 3 rings (SSSR count). The molecule has 0 fully saturated rings. The Morgan fingerprint density at radius 2 is 1.84 bits per heavy atom. The fourth-order valence-corrected chi connectivity index (χ4v) is 4.13. The van der Waals surface area contributed by atoms with Crippen LogP contribution in [0, 0.1) is 13.8 Å². The highest BCUT2D eigenvalue weighted by atomic mass is 35.5. The summed E-state index contributed by atoms with van der Waals surface area (Å²) in [5.41, 5.74) is 3.86. The van der Waals surface area contributed by atoms with Crippen LogP contribution >= 0.6 is 22.9 Å². The van der Waals surface area contributed by atoms with E-state index in [1.165, 1.54) is 5.56 Å². The van der Waals surface area contributed by atoms with Gasteiger partial charge in [0.15, 0.2) is 0 Å². The third-order valence-electron chi connectivity index (χ3n) is 5.27. The van der Waals surface area contributed by atoms with Gasteiger partial charge in [-0.05, 0) is 82.4 Å². The van der Waals surface area contributed by atoms with Crippen molar-refractivity contribution in [2.24, 2.45) is 0 Å². The summed E-state index contributed by atoms with van der Waals surface area (Å²) in [6.45, 7) is 6.59. The molecule has 0 saturated carbocycles. The molecule has 3 aromatic rings. The molecule has 0 aliphatic carbocycles. The van der Waals surface area contributed by atoms with Crippen molar-refractivity contribution in [2.45, 2.75) is 33.4 Å². The van der Waals surface area contributed by atoms with Gasteiger partial charge < -0.3 is 14.5 Å². The summed E-state index contributed by atoms with van der Waals surface area (Å²) in [6, 6.07) is 13.1. The average Bonchev–Trinajstić information content (AvgIpc) is 3.21. The van der Waals surface area contributed by atoms with Crippen LogP contribution in [0.15, 0.2) is 47.8 Å². The predicted octanol–water partition coefficient (Wildman–Crippen LogP) is 5.59. The highest BCUT2D eigenvalue weighted by Gasteiger charge is 2.18. The molecule has 5 nitrogen and oxygen atoms in total. The van der Waals surface area contributed by atoms with E-state index in [4.69, 9.17) is 21.3 Å². The van der Waals surface area contributed by atoms with Gasteiger partial charge in [-0.15, -0.1) is 11.3 Å². The Kier molecular flexibility index (Phi) is 8.67. The van der Waals surface area contributed by atoms with Crippen molar-refractivity contribution in [3.8, 4) is 5.75 Å². The first-order valence-electron chi connectivity index (χ1n) is 10.7. The normalized spacial score (nSPS) is 11.1. The fourth-order valence-electron chi connectivity index (χ4n) is 3.31. The van der Waals surface area contributed by atoms with E-state index in [9.17, 15) is 4.79 Å². The zero-order valence-corrected chi connectivity index (χ0v) is 20.7. The van der Waals surface area contributed by atoms with E-state index in [-0.39, 0.29) is 5.91 Å². The molecular formula is C25H30ClN3O2S. The maximum Gasteiger partial charge on any atom is 0.254 e. The number of hydrogen-bond donors (Lipinski definition) is 0. The first kappa shape index (κ1) is 24.2. The summed E-state index contributed by atoms with van der Waals surface area (Å²) in [5, 5.41) is 3.53. The van der Waals surface area contributed by atoms with Crippen LogP contribution in [0.1, 0.15) is 38.6 Å². The number of rotatable bonds is 10. The van der Waals surface area contributed by atoms with Gasteiger partial charge in [0.05, 0.1) is 12.2 Å².